The summed E-state index contributed by atoms with van der Waals surface area (Å²) in [5.74, 6) is 0.520. The van der Waals surface area contributed by atoms with E-state index in [0.717, 1.165) is 6.42 Å². The lowest BCUT2D eigenvalue weighted by Crippen LogP contribution is -2.42. The second-order valence-corrected chi connectivity index (χ2v) is 6.62. The third-order valence-corrected chi connectivity index (χ3v) is 4.78. The van der Waals surface area contributed by atoms with Crippen molar-refractivity contribution in [1.29, 1.82) is 0 Å². The van der Waals surface area contributed by atoms with E-state index in [9.17, 15) is 14.4 Å². The molecule has 2 aliphatic heterocycles. The molecule has 1 atom stereocenters. The van der Waals surface area contributed by atoms with Crippen molar-refractivity contribution < 1.29 is 19.1 Å². The van der Waals surface area contributed by atoms with Crippen LogP contribution in [0.1, 0.15) is 20.3 Å². The van der Waals surface area contributed by atoms with Crippen LogP contribution < -0.4 is 15.0 Å². The molecule has 140 valence electrons. The lowest BCUT2D eigenvalue weighted by atomic mass is 10.2. The van der Waals surface area contributed by atoms with E-state index >= 15 is 0 Å². The molecule has 1 aromatic carbocycles. The highest BCUT2D eigenvalue weighted by atomic mass is 16.5. The van der Waals surface area contributed by atoms with Crippen molar-refractivity contribution in [3.05, 3.63) is 18.2 Å². The molecule has 2 heterocycles. The molecule has 0 bridgehead atoms. The van der Waals surface area contributed by atoms with Crippen LogP contribution in [-0.2, 0) is 9.59 Å². The van der Waals surface area contributed by atoms with Gasteiger partial charge in [0.05, 0.1) is 5.69 Å². The molecule has 0 aliphatic carbocycles. The largest absolute Gasteiger partial charge is 0.479 e. The molecule has 26 heavy (non-hydrogen) atoms. The van der Waals surface area contributed by atoms with Gasteiger partial charge in [-0.3, -0.25) is 9.59 Å². The first kappa shape index (κ1) is 18.0. The zero-order valence-corrected chi connectivity index (χ0v) is 15.3. The van der Waals surface area contributed by atoms with Crippen molar-refractivity contribution in [2.24, 2.45) is 0 Å². The Morgan fingerprint density at radius 3 is 2.58 bits per heavy atom. The molecule has 2 aliphatic rings. The normalized spacial score (nSPS) is 20.2. The molecule has 0 saturated carbocycles. The third kappa shape index (κ3) is 3.58. The Kier molecular flexibility index (Phi) is 5.01. The number of nitrogens with zero attached hydrogens (tertiary/aromatic N) is 3. The number of anilines is 2. The van der Waals surface area contributed by atoms with Crippen molar-refractivity contribution in [1.82, 2.24) is 9.80 Å². The van der Waals surface area contributed by atoms with Gasteiger partial charge in [0.1, 0.15) is 5.75 Å². The maximum absolute atomic E-state index is 12.6. The molecule has 1 saturated heterocycles. The molecule has 0 aromatic heterocycles. The van der Waals surface area contributed by atoms with E-state index in [2.05, 4.69) is 5.32 Å². The van der Waals surface area contributed by atoms with Crippen molar-refractivity contribution in [3.63, 3.8) is 0 Å². The summed E-state index contributed by atoms with van der Waals surface area (Å²) < 4.78 is 5.59. The summed E-state index contributed by atoms with van der Waals surface area (Å²) >= 11 is 0. The second-order valence-electron chi connectivity index (χ2n) is 6.62. The number of carbonyl (C=O) groups excluding carboxylic acids is 3. The summed E-state index contributed by atoms with van der Waals surface area (Å²) in [7, 11) is 1.69. The standard InChI is InChI=1S/C18H24N4O4/c1-12-17(24)20(3)15-11-14(5-6-16(15)26-12)19-18(25)22-8-4-7-21(9-10-22)13(2)23/h5-6,11-12H,4,7-10H2,1-3H3,(H,19,25). The lowest BCUT2D eigenvalue weighted by molar-refractivity contribution is -0.128. The number of fused-ring (bicyclic) bond motifs is 1. The highest BCUT2D eigenvalue weighted by molar-refractivity contribution is 6.00. The van der Waals surface area contributed by atoms with Gasteiger partial charge in [-0.1, -0.05) is 0 Å². The summed E-state index contributed by atoms with van der Waals surface area (Å²) in [6.45, 7) is 5.55. The first-order chi connectivity index (χ1) is 12.4. The van der Waals surface area contributed by atoms with Crippen LogP contribution >= 0.6 is 0 Å². The van der Waals surface area contributed by atoms with Crippen LogP contribution in [-0.4, -0.2) is 67.0 Å². The Morgan fingerprint density at radius 1 is 1.15 bits per heavy atom. The van der Waals surface area contributed by atoms with Gasteiger partial charge in [0, 0.05) is 45.8 Å². The van der Waals surface area contributed by atoms with Gasteiger partial charge in [-0.05, 0) is 31.5 Å². The number of nitrogens with one attached hydrogen (secondary N) is 1. The number of likely N-dealkylation sites (N-methyl/N-ethyl adjacent to an activating group) is 1. The highest BCUT2D eigenvalue weighted by Crippen LogP contribution is 2.35. The van der Waals surface area contributed by atoms with Gasteiger partial charge in [-0.15, -0.1) is 0 Å². The first-order valence-corrected chi connectivity index (χ1v) is 8.76. The number of rotatable bonds is 1. The van der Waals surface area contributed by atoms with E-state index in [0.29, 0.717) is 43.3 Å². The van der Waals surface area contributed by atoms with Crippen LogP contribution in [0.4, 0.5) is 16.2 Å². The van der Waals surface area contributed by atoms with Crippen molar-refractivity contribution >= 4 is 29.2 Å². The van der Waals surface area contributed by atoms with Gasteiger partial charge in [0.2, 0.25) is 5.91 Å². The number of amides is 4. The van der Waals surface area contributed by atoms with Crippen LogP contribution in [0.2, 0.25) is 0 Å². The van der Waals surface area contributed by atoms with Crippen LogP contribution in [0.5, 0.6) is 5.75 Å². The van der Waals surface area contributed by atoms with E-state index in [1.165, 1.54) is 4.90 Å². The summed E-state index contributed by atoms with van der Waals surface area (Å²) in [6.07, 6.45) is 0.231. The number of carbonyl (C=O) groups is 3. The van der Waals surface area contributed by atoms with E-state index < -0.39 is 6.10 Å². The lowest BCUT2D eigenvalue weighted by Gasteiger charge is -2.30. The maximum Gasteiger partial charge on any atom is 0.321 e. The third-order valence-electron chi connectivity index (χ3n) is 4.78. The molecule has 1 unspecified atom stereocenters. The highest BCUT2D eigenvalue weighted by Gasteiger charge is 2.29. The minimum Gasteiger partial charge on any atom is -0.479 e. The predicted molar refractivity (Wildman–Crippen MR) is 97.4 cm³/mol. The minimum atomic E-state index is -0.519. The number of benzene rings is 1. The monoisotopic (exact) mass is 360 g/mol. The van der Waals surface area contributed by atoms with Crippen LogP contribution in [0.15, 0.2) is 18.2 Å². The maximum atomic E-state index is 12.6. The average molecular weight is 360 g/mol. The number of urea groups is 1. The minimum absolute atomic E-state index is 0.0314. The van der Waals surface area contributed by atoms with Crippen molar-refractivity contribution in [2.45, 2.75) is 26.4 Å². The van der Waals surface area contributed by atoms with E-state index in [1.807, 2.05) is 0 Å². The molecule has 4 amide bonds. The molecule has 3 rings (SSSR count). The van der Waals surface area contributed by atoms with Crippen LogP contribution in [0.25, 0.3) is 0 Å². The number of hydrogen-bond donors (Lipinski definition) is 1. The Balaban J connectivity index is 1.69. The van der Waals surface area contributed by atoms with Crippen molar-refractivity contribution in [3.8, 4) is 5.75 Å². The van der Waals surface area contributed by atoms with E-state index in [-0.39, 0.29) is 17.8 Å². The van der Waals surface area contributed by atoms with Crippen LogP contribution in [0.3, 0.4) is 0 Å². The number of hydrogen-bond acceptors (Lipinski definition) is 4. The fourth-order valence-corrected chi connectivity index (χ4v) is 3.23. The fraction of sp³-hybridized carbons (Fsp3) is 0.500. The zero-order valence-electron chi connectivity index (χ0n) is 15.3. The molecule has 1 aromatic rings. The zero-order chi connectivity index (χ0) is 18.8. The SMILES string of the molecule is CC(=O)N1CCCN(C(=O)Nc2ccc3c(c2)N(C)C(=O)C(C)O3)CC1. The first-order valence-electron chi connectivity index (χ1n) is 8.76. The fourth-order valence-electron chi connectivity index (χ4n) is 3.23. The molecule has 0 spiro atoms. The van der Waals surface area contributed by atoms with Gasteiger partial charge in [0.25, 0.3) is 5.91 Å². The molecular weight excluding hydrogens is 336 g/mol. The second kappa shape index (κ2) is 7.23. The van der Waals surface area contributed by atoms with Gasteiger partial charge >= 0.3 is 6.03 Å². The van der Waals surface area contributed by atoms with Crippen LogP contribution in [0, 0.1) is 0 Å². The number of ether oxygens (including phenoxy) is 1. The van der Waals surface area contributed by atoms with E-state index in [4.69, 9.17) is 4.74 Å². The predicted octanol–water partition coefficient (Wildman–Crippen LogP) is 1.52. The van der Waals surface area contributed by atoms with Gasteiger partial charge < -0.3 is 24.8 Å². The Hall–Kier alpha value is -2.77. The Bertz CT molecular complexity index is 736. The molecule has 1 fully saturated rings. The molecule has 8 nitrogen and oxygen atoms in total. The topological polar surface area (TPSA) is 82.2 Å². The molecule has 8 heteroatoms. The average Bonchev–Trinajstić information content (AvgIpc) is 2.87. The quantitative estimate of drug-likeness (QED) is 0.823. The summed E-state index contributed by atoms with van der Waals surface area (Å²) in [4.78, 5) is 41.1. The Morgan fingerprint density at radius 2 is 1.85 bits per heavy atom. The molecule has 0 radical (unpaired) electrons. The molecule has 1 N–H and O–H groups in total. The van der Waals surface area contributed by atoms with Crippen molar-refractivity contribution in [2.75, 3.05) is 43.4 Å². The summed E-state index contributed by atoms with van der Waals surface area (Å²) in [5.41, 5.74) is 1.23. The summed E-state index contributed by atoms with van der Waals surface area (Å²) in [6, 6.07) is 5.03. The molecular formula is C18H24N4O4. The van der Waals surface area contributed by atoms with Gasteiger partial charge in [-0.25, -0.2) is 4.79 Å². The van der Waals surface area contributed by atoms with Gasteiger partial charge in [0.15, 0.2) is 6.10 Å². The Labute approximate surface area is 152 Å². The summed E-state index contributed by atoms with van der Waals surface area (Å²) in [5, 5.41) is 2.87. The smallest absolute Gasteiger partial charge is 0.321 e. The van der Waals surface area contributed by atoms with E-state index in [1.54, 1.807) is 48.9 Å². The van der Waals surface area contributed by atoms with Gasteiger partial charge in [-0.2, -0.15) is 0 Å².